The molecule has 0 radical (unpaired) electrons. The van der Waals surface area contributed by atoms with Crippen molar-refractivity contribution in [3.05, 3.63) is 0 Å². The first-order chi connectivity index (χ1) is 4.52. The molecule has 1 rings (SSSR count). The van der Waals surface area contributed by atoms with E-state index in [4.69, 9.17) is 0 Å². The normalized spacial score (nSPS) is 39.6. The lowest BCUT2D eigenvalue weighted by molar-refractivity contribution is 0.115. The Hall–Kier alpha value is 0. The van der Waals surface area contributed by atoms with Gasteiger partial charge in [0.1, 0.15) is 0 Å². The van der Waals surface area contributed by atoms with Gasteiger partial charge in [0.2, 0.25) is 0 Å². The van der Waals surface area contributed by atoms with E-state index < -0.39 is 0 Å². The summed E-state index contributed by atoms with van der Waals surface area (Å²) in [5.74, 6) is 1.90. The molecule has 1 aliphatic carbocycles. The summed E-state index contributed by atoms with van der Waals surface area (Å²) in [6, 6.07) is 0. The summed E-state index contributed by atoms with van der Waals surface area (Å²) < 4.78 is 0. The third-order valence-corrected chi connectivity index (χ3v) is 3.30. The van der Waals surface area contributed by atoms with Crippen LogP contribution < -0.4 is 0 Å². The van der Waals surface area contributed by atoms with Gasteiger partial charge in [-0.3, -0.25) is 0 Å². The van der Waals surface area contributed by atoms with Crippen LogP contribution in [-0.2, 0) is 0 Å². The average Bonchev–Trinajstić information content (AvgIpc) is 1.78. The van der Waals surface area contributed by atoms with Crippen LogP contribution in [0.5, 0.6) is 0 Å². The fraction of sp³-hybridized carbons (Fsp3) is 1.00. The van der Waals surface area contributed by atoms with Gasteiger partial charge in [-0.25, -0.2) is 0 Å². The van der Waals surface area contributed by atoms with E-state index in [1.54, 1.807) is 0 Å². The molecule has 0 aromatic carbocycles. The lowest BCUT2D eigenvalue weighted by Gasteiger charge is -2.39. The quantitative estimate of drug-likeness (QED) is 0.483. The van der Waals surface area contributed by atoms with Crippen molar-refractivity contribution in [2.45, 2.75) is 47.0 Å². The molecule has 60 valence electrons. The van der Waals surface area contributed by atoms with Crippen molar-refractivity contribution in [1.29, 1.82) is 0 Å². The monoisotopic (exact) mass is 140 g/mol. The molecule has 0 heterocycles. The molecule has 1 saturated carbocycles. The third-order valence-electron chi connectivity index (χ3n) is 3.30. The van der Waals surface area contributed by atoms with Crippen molar-refractivity contribution in [2.24, 2.45) is 17.3 Å². The summed E-state index contributed by atoms with van der Waals surface area (Å²) in [5, 5.41) is 0. The molecule has 0 spiro atoms. The predicted octanol–water partition coefficient (Wildman–Crippen LogP) is 3.47. The summed E-state index contributed by atoms with van der Waals surface area (Å²) >= 11 is 0. The van der Waals surface area contributed by atoms with Crippen molar-refractivity contribution >= 4 is 0 Å². The molecule has 0 aromatic heterocycles. The van der Waals surface area contributed by atoms with Crippen LogP contribution in [0.4, 0.5) is 0 Å². The molecule has 0 amide bonds. The van der Waals surface area contributed by atoms with Crippen molar-refractivity contribution in [3.63, 3.8) is 0 Å². The average molecular weight is 140 g/mol. The van der Waals surface area contributed by atoms with E-state index in [2.05, 4.69) is 27.7 Å². The Bertz CT molecular complexity index is 113. The van der Waals surface area contributed by atoms with Gasteiger partial charge in [0.25, 0.3) is 0 Å². The molecule has 0 bridgehead atoms. The maximum Gasteiger partial charge on any atom is -0.0326 e. The van der Waals surface area contributed by atoms with Crippen LogP contribution in [0, 0.1) is 17.3 Å². The molecule has 0 aromatic rings. The lowest BCUT2D eigenvalue weighted by Crippen LogP contribution is -2.29. The lowest BCUT2D eigenvalue weighted by atomic mass is 9.66. The SMILES string of the molecule is CC1CC[C@H](C)CC1(C)C. The molecule has 1 fully saturated rings. The summed E-state index contributed by atoms with van der Waals surface area (Å²) in [7, 11) is 0. The maximum atomic E-state index is 2.41. The molecule has 10 heavy (non-hydrogen) atoms. The molecule has 0 nitrogen and oxygen atoms in total. The van der Waals surface area contributed by atoms with Crippen molar-refractivity contribution in [3.8, 4) is 0 Å². The van der Waals surface area contributed by atoms with Crippen molar-refractivity contribution in [2.75, 3.05) is 0 Å². The van der Waals surface area contributed by atoms with Crippen molar-refractivity contribution in [1.82, 2.24) is 0 Å². The van der Waals surface area contributed by atoms with E-state index in [1.165, 1.54) is 19.3 Å². The zero-order valence-corrected chi connectivity index (χ0v) is 7.78. The predicted molar refractivity (Wildman–Crippen MR) is 46.0 cm³/mol. The number of hydrogen-bond donors (Lipinski definition) is 0. The van der Waals surface area contributed by atoms with E-state index in [0.717, 1.165) is 11.8 Å². The van der Waals surface area contributed by atoms with Gasteiger partial charge < -0.3 is 0 Å². The maximum absolute atomic E-state index is 2.41. The topological polar surface area (TPSA) is 0 Å². The summed E-state index contributed by atoms with van der Waals surface area (Å²) in [5.41, 5.74) is 0.609. The molecule has 0 aliphatic heterocycles. The molecule has 2 atom stereocenters. The van der Waals surface area contributed by atoms with E-state index >= 15 is 0 Å². The van der Waals surface area contributed by atoms with Gasteiger partial charge in [-0.05, 0) is 30.1 Å². The second-order valence-corrected chi connectivity index (χ2v) is 4.78. The fourth-order valence-corrected chi connectivity index (χ4v) is 2.13. The molecule has 0 N–H and O–H groups in total. The van der Waals surface area contributed by atoms with E-state index in [0.29, 0.717) is 5.41 Å². The molecule has 0 heteroatoms. The van der Waals surface area contributed by atoms with Gasteiger partial charge in [0.05, 0.1) is 0 Å². The largest absolute Gasteiger partial charge is 0.0625 e. The van der Waals surface area contributed by atoms with Crippen LogP contribution >= 0.6 is 0 Å². The summed E-state index contributed by atoms with van der Waals surface area (Å²) in [6.45, 7) is 9.60. The Morgan fingerprint density at radius 1 is 1.10 bits per heavy atom. The number of hydrogen-bond acceptors (Lipinski definition) is 0. The van der Waals surface area contributed by atoms with Gasteiger partial charge in [0, 0.05) is 0 Å². The minimum absolute atomic E-state index is 0.609. The third kappa shape index (κ3) is 1.53. The number of rotatable bonds is 0. The molecule has 1 unspecified atom stereocenters. The van der Waals surface area contributed by atoms with Gasteiger partial charge in [-0.2, -0.15) is 0 Å². The molecular weight excluding hydrogens is 120 g/mol. The molecular formula is C10H20. The van der Waals surface area contributed by atoms with Gasteiger partial charge in [0.15, 0.2) is 0 Å². The Morgan fingerprint density at radius 2 is 1.70 bits per heavy atom. The van der Waals surface area contributed by atoms with Crippen LogP contribution in [0.2, 0.25) is 0 Å². The van der Waals surface area contributed by atoms with Crippen LogP contribution in [0.15, 0.2) is 0 Å². The minimum atomic E-state index is 0.609. The first kappa shape index (κ1) is 8.10. The Morgan fingerprint density at radius 3 is 2.10 bits per heavy atom. The second-order valence-electron chi connectivity index (χ2n) is 4.78. The minimum Gasteiger partial charge on any atom is -0.0625 e. The highest BCUT2D eigenvalue weighted by atomic mass is 14.4. The second kappa shape index (κ2) is 2.56. The smallest absolute Gasteiger partial charge is 0.0326 e. The highest BCUT2D eigenvalue weighted by Gasteiger charge is 2.31. The van der Waals surface area contributed by atoms with Crippen molar-refractivity contribution < 1.29 is 0 Å². The Balaban J connectivity index is 2.55. The molecule has 0 saturated heterocycles. The highest BCUT2D eigenvalue weighted by Crippen LogP contribution is 2.42. The first-order valence-electron chi connectivity index (χ1n) is 4.52. The van der Waals surface area contributed by atoms with Gasteiger partial charge in [-0.15, -0.1) is 0 Å². The standard InChI is InChI=1S/C10H20/c1-8-5-6-9(2)10(3,4)7-8/h8-9H,5-7H2,1-4H3/t8-,9?/m0/s1. The zero-order chi connectivity index (χ0) is 7.78. The van der Waals surface area contributed by atoms with E-state index in [1.807, 2.05) is 0 Å². The Labute approximate surface area is 65.0 Å². The Kier molecular flexibility index (Phi) is 2.07. The van der Waals surface area contributed by atoms with Crippen LogP contribution in [0.25, 0.3) is 0 Å². The summed E-state index contributed by atoms with van der Waals surface area (Å²) in [4.78, 5) is 0. The molecule has 1 aliphatic rings. The first-order valence-corrected chi connectivity index (χ1v) is 4.52. The van der Waals surface area contributed by atoms with E-state index in [-0.39, 0.29) is 0 Å². The fourth-order valence-electron chi connectivity index (χ4n) is 2.13. The van der Waals surface area contributed by atoms with E-state index in [9.17, 15) is 0 Å². The van der Waals surface area contributed by atoms with Gasteiger partial charge >= 0.3 is 0 Å². The van der Waals surface area contributed by atoms with Crippen LogP contribution in [0.1, 0.15) is 47.0 Å². The van der Waals surface area contributed by atoms with Crippen LogP contribution in [0.3, 0.4) is 0 Å². The van der Waals surface area contributed by atoms with Crippen LogP contribution in [-0.4, -0.2) is 0 Å². The zero-order valence-electron chi connectivity index (χ0n) is 7.78. The van der Waals surface area contributed by atoms with Gasteiger partial charge in [-0.1, -0.05) is 34.1 Å². The summed E-state index contributed by atoms with van der Waals surface area (Å²) in [6.07, 6.45) is 4.31. The highest BCUT2D eigenvalue weighted by molar-refractivity contribution is 4.82.